The zero-order valence-corrected chi connectivity index (χ0v) is 21.8. The van der Waals surface area contributed by atoms with Gasteiger partial charge in [0.2, 0.25) is 15.8 Å². The molecule has 1 heterocycles. The van der Waals surface area contributed by atoms with Crippen LogP contribution in [0.1, 0.15) is 44.7 Å². The molecule has 0 unspecified atom stereocenters. The van der Waals surface area contributed by atoms with Gasteiger partial charge < -0.3 is 15.5 Å². The van der Waals surface area contributed by atoms with E-state index in [0.29, 0.717) is 6.42 Å². The molecular formula is C24H27N3O7S2. The molecule has 4 N–H and O–H groups in total. The Morgan fingerprint density at radius 3 is 2.44 bits per heavy atom. The molecule has 0 radical (unpaired) electrons. The average molecular weight is 534 g/mol. The standard InChI is InChI=1S/C24H27N3O7S2/c1-23(2,3)11-12-24(30)16-8-6-5-7-15(16)20(28)19(21(24)29)22-25-17-10-9-14(26-35(4,31)32)13-18(17)36(33,34)27-22/h5-10,13,26,28,30H,11-12H2,1-4H3,(H,25,27)/t24-/m0/s1. The lowest BCUT2D eigenvalue weighted by atomic mass is 9.72. The first-order valence-corrected chi connectivity index (χ1v) is 14.4. The lowest BCUT2D eigenvalue weighted by molar-refractivity contribution is -0.135. The van der Waals surface area contributed by atoms with Crippen molar-refractivity contribution in [2.45, 2.75) is 44.1 Å². The molecule has 10 nitrogen and oxygen atoms in total. The summed E-state index contributed by atoms with van der Waals surface area (Å²) in [6, 6.07) is 10.1. The molecule has 192 valence electrons. The molecule has 1 aliphatic carbocycles. The minimum Gasteiger partial charge on any atom is -0.506 e. The van der Waals surface area contributed by atoms with Crippen molar-refractivity contribution in [3.05, 3.63) is 59.2 Å². The molecule has 2 aliphatic rings. The third-order valence-corrected chi connectivity index (χ3v) is 7.89. The van der Waals surface area contributed by atoms with Crippen LogP contribution >= 0.6 is 0 Å². The van der Waals surface area contributed by atoms with Crippen LogP contribution in [-0.2, 0) is 30.4 Å². The van der Waals surface area contributed by atoms with E-state index in [0.717, 1.165) is 12.3 Å². The summed E-state index contributed by atoms with van der Waals surface area (Å²) in [4.78, 5) is 13.4. The van der Waals surface area contributed by atoms with Crippen molar-refractivity contribution in [2.75, 3.05) is 16.3 Å². The van der Waals surface area contributed by atoms with Gasteiger partial charge in [0.05, 0.1) is 11.9 Å². The van der Waals surface area contributed by atoms with Crippen LogP contribution in [0.15, 0.2) is 57.3 Å². The highest BCUT2D eigenvalue weighted by molar-refractivity contribution is 7.92. The summed E-state index contributed by atoms with van der Waals surface area (Å²) in [7, 11) is -8.06. The van der Waals surface area contributed by atoms with E-state index >= 15 is 0 Å². The quantitative estimate of drug-likeness (QED) is 0.456. The number of ketones is 1. The third-order valence-electron chi connectivity index (χ3n) is 5.97. The molecule has 0 bridgehead atoms. The van der Waals surface area contributed by atoms with Gasteiger partial charge in [-0.1, -0.05) is 45.0 Å². The maximum atomic E-state index is 13.7. The van der Waals surface area contributed by atoms with Crippen LogP contribution < -0.4 is 10.0 Å². The second-order valence-corrected chi connectivity index (χ2v) is 13.5. The molecule has 0 amide bonds. The number of aliphatic hydroxyl groups excluding tert-OH is 1. The Labute approximate surface area is 209 Å². The minimum atomic E-state index is -4.40. The molecule has 0 spiro atoms. The topological polar surface area (TPSA) is 162 Å². The van der Waals surface area contributed by atoms with Crippen LogP contribution in [0.25, 0.3) is 5.76 Å². The summed E-state index contributed by atoms with van der Waals surface area (Å²) in [5, 5.41) is 25.5. The molecule has 0 aromatic heterocycles. The van der Waals surface area contributed by atoms with E-state index in [9.17, 15) is 31.8 Å². The Balaban J connectivity index is 1.84. The Morgan fingerprint density at radius 2 is 1.81 bits per heavy atom. The molecule has 1 aliphatic heterocycles. The Bertz CT molecular complexity index is 1550. The third kappa shape index (κ3) is 4.75. The predicted octanol–water partition coefficient (Wildman–Crippen LogP) is 3.14. The monoisotopic (exact) mass is 533 g/mol. The number of carbonyl (C=O) groups is 1. The average Bonchev–Trinajstić information content (AvgIpc) is 2.75. The smallest absolute Gasteiger partial charge is 0.286 e. The van der Waals surface area contributed by atoms with Crippen LogP contribution in [-0.4, -0.2) is 44.9 Å². The highest BCUT2D eigenvalue weighted by Crippen LogP contribution is 2.44. The van der Waals surface area contributed by atoms with Gasteiger partial charge in [-0.15, -0.1) is 4.40 Å². The maximum absolute atomic E-state index is 13.7. The largest absolute Gasteiger partial charge is 0.506 e. The fraction of sp³-hybridized carbons (Fsp3) is 0.333. The van der Waals surface area contributed by atoms with Gasteiger partial charge in [-0.05, 0) is 36.5 Å². The Morgan fingerprint density at radius 1 is 1.14 bits per heavy atom. The van der Waals surface area contributed by atoms with Gasteiger partial charge >= 0.3 is 0 Å². The lowest BCUT2D eigenvalue weighted by Gasteiger charge is -2.36. The maximum Gasteiger partial charge on any atom is 0.286 e. The van der Waals surface area contributed by atoms with E-state index in [2.05, 4.69) is 14.4 Å². The number of sulfonamides is 2. The summed E-state index contributed by atoms with van der Waals surface area (Å²) in [6.07, 6.45) is 1.44. The molecule has 1 atom stereocenters. The van der Waals surface area contributed by atoms with Gasteiger partial charge in [0.15, 0.2) is 11.4 Å². The van der Waals surface area contributed by atoms with Crippen molar-refractivity contribution in [1.29, 1.82) is 0 Å². The number of benzene rings is 2. The fourth-order valence-electron chi connectivity index (χ4n) is 4.19. The van der Waals surface area contributed by atoms with E-state index < -0.39 is 48.6 Å². The molecule has 0 saturated carbocycles. The molecule has 2 aromatic carbocycles. The summed E-state index contributed by atoms with van der Waals surface area (Å²) >= 11 is 0. The highest BCUT2D eigenvalue weighted by atomic mass is 32.2. The molecule has 2 aromatic rings. The first-order chi connectivity index (χ1) is 16.5. The first kappa shape index (κ1) is 25.9. The van der Waals surface area contributed by atoms with Gasteiger partial charge in [-0.2, -0.15) is 8.42 Å². The van der Waals surface area contributed by atoms with Crippen molar-refractivity contribution >= 4 is 48.8 Å². The van der Waals surface area contributed by atoms with Gasteiger partial charge in [0, 0.05) is 16.8 Å². The van der Waals surface area contributed by atoms with Crippen LogP contribution in [0.5, 0.6) is 0 Å². The van der Waals surface area contributed by atoms with Gasteiger partial charge in [0.1, 0.15) is 16.2 Å². The Hall–Kier alpha value is -3.22. The van der Waals surface area contributed by atoms with Crippen LogP contribution in [0.3, 0.4) is 0 Å². The molecule has 0 saturated heterocycles. The molecule has 36 heavy (non-hydrogen) atoms. The van der Waals surface area contributed by atoms with E-state index in [-0.39, 0.29) is 39.2 Å². The second kappa shape index (κ2) is 8.43. The van der Waals surface area contributed by atoms with E-state index in [1.165, 1.54) is 18.2 Å². The summed E-state index contributed by atoms with van der Waals surface area (Å²) in [6.45, 7) is 5.90. The molecular weight excluding hydrogens is 506 g/mol. The van der Waals surface area contributed by atoms with Crippen LogP contribution in [0, 0.1) is 5.41 Å². The zero-order chi connectivity index (χ0) is 26.7. The number of rotatable bonds is 5. The highest BCUT2D eigenvalue weighted by Gasteiger charge is 2.48. The van der Waals surface area contributed by atoms with Gasteiger partial charge in [-0.25, -0.2) is 8.42 Å². The van der Waals surface area contributed by atoms with E-state index in [1.807, 2.05) is 20.8 Å². The molecule has 4 rings (SSSR count). The number of Topliss-reactive ketones (excluding diaryl/α,β-unsaturated/α-hetero) is 1. The van der Waals surface area contributed by atoms with E-state index in [4.69, 9.17) is 0 Å². The van der Waals surface area contributed by atoms with Gasteiger partial charge in [0.25, 0.3) is 10.0 Å². The predicted molar refractivity (Wildman–Crippen MR) is 137 cm³/mol. The van der Waals surface area contributed by atoms with Crippen molar-refractivity contribution in [1.82, 2.24) is 0 Å². The van der Waals surface area contributed by atoms with Crippen molar-refractivity contribution in [3.63, 3.8) is 0 Å². The van der Waals surface area contributed by atoms with Crippen LogP contribution in [0.2, 0.25) is 0 Å². The minimum absolute atomic E-state index is 0.0153. The summed E-state index contributed by atoms with van der Waals surface area (Å²) in [5.74, 6) is -1.81. The lowest BCUT2D eigenvalue weighted by Crippen LogP contribution is -2.44. The number of nitrogens with zero attached hydrogens (tertiary/aromatic N) is 1. The normalized spacial score (nSPS) is 21.2. The van der Waals surface area contributed by atoms with Crippen molar-refractivity contribution in [3.8, 4) is 0 Å². The number of amidine groups is 1. The van der Waals surface area contributed by atoms with Gasteiger partial charge in [-0.3, -0.25) is 9.52 Å². The SMILES string of the molecule is CC(C)(C)CC[C@@]1(O)C(=O)C(C2=NS(=O)(=O)c3cc(NS(C)(=O)=O)ccc3N2)=C(O)c2ccccc21. The first-order valence-electron chi connectivity index (χ1n) is 11.1. The van der Waals surface area contributed by atoms with Crippen molar-refractivity contribution in [2.24, 2.45) is 9.81 Å². The number of anilines is 2. The second-order valence-electron chi connectivity index (χ2n) is 10.1. The Kier molecular flexibility index (Phi) is 6.05. The van der Waals surface area contributed by atoms with Crippen LogP contribution in [0.4, 0.5) is 11.4 Å². The molecule has 0 fully saturated rings. The zero-order valence-electron chi connectivity index (χ0n) is 20.2. The number of fused-ring (bicyclic) bond motifs is 2. The van der Waals surface area contributed by atoms with Crippen molar-refractivity contribution < 1.29 is 31.8 Å². The number of nitrogens with one attached hydrogen (secondary N) is 2. The number of hydrogen-bond donors (Lipinski definition) is 4. The molecule has 12 heteroatoms. The number of aliphatic hydroxyl groups is 2. The number of carbonyl (C=O) groups excluding carboxylic acids is 1. The summed E-state index contributed by atoms with van der Waals surface area (Å²) in [5.41, 5.74) is -2.19. The number of hydrogen-bond acceptors (Lipinski definition) is 8. The van der Waals surface area contributed by atoms with E-state index in [1.54, 1.807) is 18.2 Å². The fourth-order valence-corrected chi connectivity index (χ4v) is 5.89. The summed E-state index contributed by atoms with van der Waals surface area (Å²) < 4.78 is 55.1.